The molecule has 0 amide bonds. The highest BCUT2D eigenvalue weighted by molar-refractivity contribution is 4.98. The molecule has 1 heterocycles. The quantitative estimate of drug-likeness (QED) is 0.783. The van der Waals surface area contributed by atoms with Crippen molar-refractivity contribution >= 4 is 0 Å². The van der Waals surface area contributed by atoms with Gasteiger partial charge in [0.15, 0.2) is 0 Å². The molecule has 0 saturated heterocycles. The SMILES string of the molecule is CCCn1ccnc1C(N)CCC(C)C. The Hall–Kier alpha value is -0.830. The van der Waals surface area contributed by atoms with Gasteiger partial charge < -0.3 is 10.3 Å². The second-order valence-electron chi connectivity index (χ2n) is 4.56. The predicted molar refractivity (Wildman–Crippen MR) is 63.5 cm³/mol. The van der Waals surface area contributed by atoms with E-state index in [0.29, 0.717) is 5.92 Å². The molecule has 15 heavy (non-hydrogen) atoms. The Labute approximate surface area is 92.7 Å². The molecule has 0 aliphatic carbocycles. The molecular weight excluding hydrogens is 186 g/mol. The monoisotopic (exact) mass is 209 g/mol. The first-order valence-electron chi connectivity index (χ1n) is 5.91. The van der Waals surface area contributed by atoms with Crippen molar-refractivity contribution < 1.29 is 0 Å². The summed E-state index contributed by atoms with van der Waals surface area (Å²) in [5.41, 5.74) is 6.14. The van der Waals surface area contributed by atoms with Gasteiger partial charge in [-0.05, 0) is 25.2 Å². The second-order valence-corrected chi connectivity index (χ2v) is 4.56. The predicted octanol–water partition coefficient (Wildman–Crippen LogP) is 2.73. The summed E-state index contributed by atoms with van der Waals surface area (Å²) >= 11 is 0. The van der Waals surface area contributed by atoms with E-state index >= 15 is 0 Å². The van der Waals surface area contributed by atoms with E-state index < -0.39 is 0 Å². The van der Waals surface area contributed by atoms with E-state index in [9.17, 15) is 0 Å². The molecule has 0 fully saturated rings. The number of nitrogens with zero attached hydrogens (tertiary/aromatic N) is 2. The zero-order valence-corrected chi connectivity index (χ0v) is 10.1. The Morgan fingerprint density at radius 2 is 2.13 bits per heavy atom. The number of nitrogens with two attached hydrogens (primary N) is 1. The molecule has 3 nitrogen and oxygen atoms in total. The van der Waals surface area contributed by atoms with Gasteiger partial charge in [-0.3, -0.25) is 0 Å². The van der Waals surface area contributed by atoms with Gasteiger partial charge in [-0.1, -0.05) is 20.8 Å². The fourth-order valence-electron chi connectivity index (χ4n) is 1.72. The minimum absolute atomic E-state index is 0.0916. The lowest BCUT2D eigenvalue weighted by Gasteiger charge is -2.14. The molecule has 1 aromatic rings. The van der Waals surface area contributed by atoms with Crippen LogP contribution in [0.3, 0.4) is 0 Å². The average molecular weight is 209 g/mol. The molecule has 0 radical (unpaired) electrons. The van der Waals surface area contributed by atoms with Crippen molar-refractivity contribution in [2.75, 3.05) is 0 Å². The zero-order valence-electron chi connectivity index (χ0n) is 10.1. The first-order valence-corrected chi connectivity index (χ1v) is 5.91. The van der Waals surface area contributed by atoms with Crippen LogP contribution in [-0.2, 0) is 6.54 Å². The molecule has 1 rings (SSSR count). The number of imidazole rings is 1. The van der Waals surface area contributed by atoms with Gasteiger partial charge in [-0.25, -0.2) is 4.98 Å². The lowest BCUT2D eigenvalue weighted by Crippen LogP contribution is -2.17. The van der Waals surface area contributed by atoms with Crippen molar-refractivity contribution in [2.24, 2.45) is 11.7 Å². The van der Waals surface area contributed by atoms with E-state index in [0.717, 1.165) is 25.2 Å². The maximum atomic E-state index is 6.14. The summed E-state index contributed by atoms with van der Waals surface area (Å²) in [4.78, 5) is 4.35. The van der Waals surface area contributed by atoms with Gasteiger partial charge in [0.05, 0.1) is 6.04 Å². The van der Waals surface area contributed by atoms with Crippen molar-refractivity contribution in [3.8, 4) is 0 Å². The van der Waals surface area contributed by atoms with E-state index in [1.807, 2.05) is 12.4 Å². The van der Waals surface area contributed by atoms with Crippen LogP contribution in [0.15, 0.2) is 12.4 Å². The summed E-state index contributed by atoms with van der Waals surface area (Å²) in [6.45, 7) is 7.64. The second kappa shape index (κ2) is 5.91. The van der Waals surface area contributed by atoms with Crippen LogP contribution >= 0.6 is 0 Å². The number of hydrogen-bond acceptors (Lipinski definition) is 2. The molecule has 0 aliphatic rings. The number of aryl methyl sites for hydroxylation is 1. The molecule has 1 aromatic heterocycles. The minimum atomic E-state index is 0.0916. The molecule has 1 atom stereocenters. The number of aromatic nitrogens is 2. The molecule has 3 heteroatoms. The smallest absolute Gasteiger partial charge is 0.125 e. The third-order valence-electron chi connectivity index (χ3n) is 2.60. The van der Waals surface area contributed by atoms with E-state index in [1.54, 1.807) is 0 Å². The van der Waals surface area contributed by atoms with Gasteiger partial charge in [-0.2, -0.15) is 0 Å². The molecule has 0 aromatic carbocycles. The van der Waals surface area contributed by atoms with Crippen molar-refractivity contribution in [1.29, 1.82) is 0 Å². The Morgan fingerprint density at radius 1 is 1.40 bits per heavy atom. The zero-order chi connectivity index (χ0) is 11.3. The van der Waals surface area contributed by atoms with Crippen LogP contribution in [-0.4, -0.2) is 9.55 Å². The number of rotatable bonds is 6. The van der Waals surface area contributed by atoms with Gasteiger partial charge >= 0.3 is 0 Å². The highest BCUT2D eigenvalue weighted by atomic mass is 15.1. The van der Waals surface area contributed by atoms with Crippen LogP contribution < -0.4 is 5.73 Å². The molecule has 86 valence electrons. The van der Waals surface area contributed by atoms with Crippen molar-refractivity contribution in [2.45, 2.75) is 52.6 Å². The van der Waals surface area contributed by atoms with Crippen LogP contribution in [0.5, 0.6) is 0 Å². The molecule has 0 aliphatic heterocycles. The summed E-state index contributed by atoms with van der Waals surface area (Å²) in [5, 5.41) is 0. The molecule has 1 unspecified atom stereocenters. The summed E-state index contributed by atoms with van der Waals surface area (Å²) in [6, 6.07) is 0.0916. The van der Waals surface area contributed by atoms with Crippen LogP contribution in [0, 0.1) is 5.92 Å². The topological polar surface area (TPSA) is 43.8 Å². The standard InChI is InChI=1S/C12H23N3/c1-4-8-15-9-7-14-12(15)11(13)6-5-10(2)3/h7,9-11H,4-6,8,13H2,1-3H3. The van der Waals surface area contributed by atoms with E-state index in [1.165, 1.54) is 6.42 Å². The van der Waals surface area contributed by atoms with Gasteiger partial charge in [-0.15, -0.1) is 0 Å². The van der Waals surface area contributed by atoms with Crippen LogP contribution in [0.4, 0.5) is 0 Å². The normalized spacial score (nSPS) is 13.4. The third kappa shape index (κ3) is 3.67. The third-order valence-corrected chi connectivity index (χ3v) is 2.60. The Kier molecular flexibility index (Phi) is 4.82. The van der Waals surface area contributed by atoms with Gasteiger partial charge in [0.1, 0.15) is 5.82 Å². The van der Waals surface area contributed by atoms with Crippen LogP contribution in [0.1, 0.15) is 51.9 Å². The van der Waals surface area contributed by atoms with E-state index in [-0.39, 0.29) is 6.04 Å². The Morgan fingerprint density at radius 3 is 2.73 bits per heavy atom. The van der Waals surface area contributed by atoms with Crippen LogP contribution in [0.2, 0.25) is 0 Å². The maximum absolute atomic E-state index is 6.14. The van der Waals surface area contributed by atoms with Gasteiger partial charge in [0.2, 0.25) is 0 Å². The summed E-state index contributed by atoms with van der Waals surface area (Å²) in [6.07, 6.45) is 7.19. The Bertz CT molecular complexity index is 278. The summed E-state index contributed by atoms with van der Waals surface area (Å²) in [7, 11) is 0. The molecule has 0 bridgehead atoms. The highest BCUT2D eigenvalue weighted by Gasteiger charge is 2.12. The first kappa shape index (κ1) is 12.2. The Balaban J connectivity index is 2.56. The fourth-order valence-corrected chi connectivity index (χ4v) is 1.72. The molecule has 0 saturated carbocycles. The first-order chi connectivity index (χ1) is 7.15. The molecule has 0 spiro atoms. The summed E-state index contributed by atoms with van der Waals surface area (Å²) in [5.74, 6) is 1.75. The van der Waals surface area contributed by atoms with E-state index in [4.69, 9.17) is 5.73 Å². The average Bonchev–Trinajstić information content (AvgIpc) is 2.63. The van der Waals surface area contributed by atoms with Gasteiger partial charge in [0, 0.05) is 18.9 Å². The van der Waals surface area contributed by atoms with Crippen molar-refractivity contribution in [3.63, 3.8) is 0 Å². The maximum Gasteiger partial charge on any atom is 0.125 e. The molecular formula is C12H23N3. The highest BCUT2D eigenvalue weighted by Crippen LogP contribution is 2.17. The summed E-state index contributed by atoms with van der Waals surface area (Å²) < 4.78 is 2.17. The lowest BCUT2D eigenvalue weighted by atomic mass is 10.0. The van der Waals surface area contributed by atoms with Crippen LogP contribution in [0.25, 0.3) is 0 Å². The minimum Gasteiger partial charge on any atom is -0.334 e. The molecule has 2 N–H and O–H groups in total. The lowest BCUT2D eigenvalue weighted by molar-refractivity contribution is 0.477. The largest absolute Gasteiger partial charge is 0.334 e. The fraction of sp³-hybridized carbons (Fsp3) is 0.750. The van der Waals surface area contributed by atoms with Crippen molar-refractivity contribution in [1.82, 2.24) is 9.55 Å². The van der Waals surface area contributed by atoms with Crippen molar-refractivity contribution in [3.05, 3.63) is 18.2 Å². The van der Waals surface area contributed by atoms with E-state index in [2.05, 4.69) is 30.3 Å². The van der Waals surface area contributed by atoms with Gasteiger partial charge in [0.25, 0.3) is 0 Å². The number of hydrogen-bond donors (Lipinski definition) is 1.